The summed E-state index contributed by atoms with van der Waals surface area (Å²) in [6.07, 6.45) is 4.69. The Morgan fingerprint density at radius 1 is 1.24 bits per heavy atom. The number of aromatic nitrogens is 2. The van der Waals surface area contributed by atoms with E-state index in [0.29, 0.717) is 19.3 Å². The van der Waals surface area contributed by atoms with Crippen LogP contribution in [0.3, 0.4) is 0 Å². The van der Waals surface area contributed by atoms with E-state index in [0.717, 1.165) is 16.0 Å². The molecule has 184 valence electrons. The van der Waals surface area contributed by atoms with Crippen molar-refractivity contribution in [3.05, 3.63) is 70.8 Å². The summed E-state index contributed by atoms with van der Waals surface area (Å²) in [6, 6.07) is 7.25. The van der Waals surface area contributed by atoms with E-state index in [1.807, 2.05) is 32.0 Å². The molecule has 34 heavy (non-hydrogen) atoms. The number of anilines is 2. The van der Waals surface area contributed by atoms with E-state index in [1.54, 1.807) is 25.1 Å². The van der Waals surface area contributed by atoms with Gasteiger partial charge in [0.05, 0.1) is 24.7 Å². The quantitative estimate of drug-likeness (QED) is 0.192. The summed E-state index contributed by atoms with van der Waals surface area (Å²) in [5.74, 6) is -0.706. The number of ether oxygens (including phenoxy) is 2. The maximum Gasteiger partial charge on any atom is 0.415 e. The van der Waals surface area contributed by atoms with Crippen molar-refractivity contribution in [3.8, 4) is 6.01 Å². The van der Waals surface area contributed by atoms with Crippen molar-refractivity contribution in [1.29, 1.82) is 0 Å². The monoisotopic (exact) mass is 471 g/mol. The van der Waals surface area contributed by atoms with Gasteiger partial charge in [-0.15, -0.1) is 13.2 Å². The number of unbranched alkanes of at least 4 members (excludes halogenated alkanes) is 1. The van der Waals surface area contributed by atoms with E-state index in [1.165, 1.54) is 0 Å². The average molecular weight is 472 g/mol. The number of nitrogens with zero attached hydrogens (tertiary/aromatic N) is 4. The van der Waals surface area contributed by atoms with Crippen molar-refractivity contribution in [2.24, 2.45) is 0 Å². The summed E-state index contributed by atoms with van der Waals surface area (Å²) >= 11 is 0. The molecule has 0 spiro atoms. The van der Waals surface area contributed by atoms with Gasteiger partial charge in [-0.3, -0.25) is 15.0 Å². The molecule has 0 atom stereocenters. The molecule has 1 aromatic heterocycles. The predicted molar refractivity (Wildman–Crippen MR) is 133 cm³/mol. The summed E-state index contributed by atoms with van der Waals surface area (Å²) in [5.41, 5.74) is 6.94. The zero-order valence-corrected chi connectivity index (χ0v) is 20.0. The number of nitro groups is 1. The number of amides is 1. The average Bonchev–Trinajstić information content (AvgIpc) is 2.81. The molecule has 1 amide bonds. The predicted octanol–water partition coefficient (Wildman–Crippen LogP) is 5.23. The third-order valence-electron chi connectivity index (χ3n) is 4.29. The fourth-order valence-corrected chi connectivity index (χ4v) is 2.89. The third-order valence-corrected chi connectivity index (χ3v) is 4.29. The second kappa shape index (κ2) is 15.0. The Kier molecular flexibility index (Phi) is 12.4. The van der Waals surface area contributed by atoms with Crippen LogP contribution in [-0.2, 0) is 17.7 Å². The molecule has 0 bridgehead atoms. The lowest BCUT2D eigenvalue weighted by Gasteiger charge is -2.22. The molecular formula is C24H33N5O5. The number of benzene rings is 1. The SMILES string of the molecule is C=CCCCOc1nc(N)c([N+](=O)[O-])c(N(Cc2cccc(CC=C)c2)C(=O)OCC)n1.CC. The summed E-state index contributed by atoms with van der Waals surface area (Å²) in [4.78, 5) is 32.8. The Labute approximate surface area is 200 Å². The number of hydrogen-bond acceptors (Lipinski definition) is 8. The van der Waals surface area contributed by atoms with Gasteiger partial charge in [-0.25, -0.2) is 4.79 Å². The van der Waals surface area contributed by atoms with E-state index in [-0.39, 0.29) is 31.6 Å². The van der Waals surface area contributed by atoms with Gasteiger partial charge < -0.3 is 15.2 Å². The van der Waals surface area contributed by atoms with E-state index in [2.05, 4.69) is 23.1 Å². The van der Waals surface area contributed by atoms with Crippen LogP contribution < -0.4 is 15.4 Å². The number of allylic oxidation sites excluding steroid dienone is 2. The van der Waals surface area contributed by atoms with Crippen LogP contribution in [0.15, 0.2) is 49.6 Å². The minimum atomic E-state index is -0.805. The highest BCUT2D eigenvalue weighted by molar-refractivity contribution is 5.90. The Morgan fingerprint density at radius 2 is 1.94 bits per heavy atom. The van der Waals surface area contributed by atoms with Crippen LogP contribution in [0.25, 0.3) is 0 Å². The zero-order valence-electron chi connectivity index (χ0n) is 20.0. The lowest BCUT2D eigenvalue weighted by molar-refractivity contribution is -0.383. The van der Waals surface area contributed by atoms with Crippen LogP contribution in [0.5, 0.6) is 6.01 Å². The molecule has 0 aliphatic heterocycles. The molecule has 0 saturated heterocycles. The minimum Gasteiger partial charge on any atom is -0.463 e. The van der Waals surface area contributed by atoms with Gasteiger partial charge in [-0.1, -0.05) is 50.3 Å². The molecule has 1 heterocycles. The lowest BCUT2D eigenvalue weighted by atomic mass is 10.1. The maximum atomic E-state index is 12.8. The van der Waals surface area contributed by atoms with Gasteiger partial charge in [-0.05, 0) is 37.3 Å². The Morgan fingerprint density at radius 3 is 2.56 bits per heavy atom. The van der Waals surface area contributed by atoms with Gasteiger partial charge in [-0.2, -0.15) is 9.97 Å². The fraction of sp³-hybridized carbons (Fsp3) is 0.375. The minimum absolute atomic E-state index is 0.0307. The number of nitrogen functional groups attached to an aromatic ring is 1. The molecule has 10 heteroatoms. The van der Waals surface area contributed by atoms with Crippen molar-refractivity contribution in [3.63, 3.8) is 0 Å². The van der Waals surface area contributed by atoms with Crippen molar-refractivity contribution in [1.82, 2.24) is 9.97 Å². The summed E-state index contributed by atoms with van der Waals surface area (Å²) < 4.78 is 10.6. The van der Waals surface area contributed by atoms with Gasteiger partial charge in [0.1, 0.15) is 0 Å². The zero-order chi connectivity index (χ0) is 25.5. The van der Waals surface area contributed by atoms with E-state index in [4.69, 9.17) is 15.2 Å². The molecule has 0 fully saturated rings. The molecule has 1 aromatic carbocycles. The van der Waals surface area contributed by atoms with Crippen molar-refractivity contribution in [2.75, 3.05) is 23.8 Å². The summed E-state index contributed by atoms with van der Waals surface area (Å²) in [5, 5.41) is 11.7. The number of rotatable bonds is 12. The van der Waals surface area contributed by atoms with E-state index in [9.17, 15) is 14.9 Å². The Hall–Kier alpha value is -3.95. The largest absolute Gasteiger partial charge is 0.463 e. The number of carbonyl (C=O) groups is 1. The highest BCUT2D eigenvalue weighted by Gasteiger charge is 2.32. The Bertz CT molecular complexity index is 980. The van der Waals surface area contributed by atoms with Crippen molar-refractivity contribution < 1.29 is 19.2 Å². The van der Waals surface area contributed by atoms with E-state index >= 15 is 0 Å². The molecule has 0 aliphatic rings. The van der Waals surface area contributed by atoms with Gasteiger partial charge in [0.25, 0.3) is 0 Å². The molecule has 0 saturated carbocycles. The second-order valence-electron chi connectivity index (χ2n) is 6.70. The van der Waals surface area contributed by atoms with Crippen molar-refractivity contribution in [2.45, 2.75) is 46.6 Å². The van der Waals surface area contributed by atoms with Crippen LogP contribution in [0.2, 0.25) is 0 Å². The van der Waals surface area contributed by atoms with Crippen LogP contribution in [0.1, 0.15) is 44.7 Å². The third kappa shape index (κ3) is 8.19. The number of carbonyl (C=O) groups excluding carboxylic acids is 1. The topological polar surface area (TPSA) is 134 Å². The summed E-state index contributed by atoms with van der Waals surface area (Å²) in [6.45, 7) is 13.3. The normalized spacial score (nSPS) is 9.85. The number of hydrogen-bond donors (Lipinski definition) is 1. The van der Waals surface area contributed by atoms with E-state index < -0.39 is 22.5 Å². The van der Waals surface area contributed by atoms with Crippen LogP contribution >= 0.6 is 0 Å². The van der Waals surface area contributed by atoms with Crippen LogP contribution in [0, 0.1) is 10.1 Å². The Balaban J connectivity index is 0.00000281. The van der Waals surface area contributed by atoms with Gasteiger partial charge in [0.2, 0.25) is 11.6 Å². The van der Waals surface area contributed by atoms with Crippen LogP contribution in [-0.4, -0.2) is 34.2 Å². The maximum absolute atomic E-state index is 12.8. The molecule has 10 nitrogen and oxygen atoms in total. The number of nitrogens with two attached hydrogens (primary N) is 1. The standard InChI is InChI=1S/C22H27N5O5.C2H6/c1-4-7-8-13-32-21-24-19(23)18(27(29)30)20(25-21)26(22(28)31-6-3)15-17-12-9-11-16(14-17)10-5-2;1-2/h4-5,9,11-12,14H,1-2,6-8,10,13,15H2,3H3,(H2,23,24,25);1-2H3. The first-order chi connectivity index (χ1) is 16.4. The highest BCUT2D eigenvalue weighted by Crippen LogP contribution is 2.34. The molecule has 0 radical (unpaired) electrons. The smallest absolute Gasteiger partial charge is 0.415 e. The van der Waals surface area contributed by atoms with Gasteiger partial charge >= 0.3 is 17.8 Å². The lowest BCUT2D eigenvalue weighted by Crippen LogP contribution is -2.33. The molecule has 2 N–H and O–H groups in total. The van der Waals surface area contributed by atoms with Crippen LogP contribution in [0.4, 0.5) is 22.1 Å². The molecule has 2 aromatic rings. The summed E-state index contributed by atoms with van der Waals surface area (Å²) in [7, 11) is 0. The second-order valence-corrected chi connectivity index (χ2v) is 6.70. The molecule has 0 aliphatic carbocycles. The highest BCUT2D eigenvalue weighted by atomic mass is 16.6. The molecule has 2 rings (SSSR count). The molecular weight excluding hydrogens is 438 g/mol. The first kappa shape index (κ1) is 28.1. The molecule has 0 unspecified atom stereocenters. The van der Waals surface area contributed by atoms with Crippen molar-refractivity contribution >= 4 is 23.4 Å². The fourth-order valence-electron chi connectivity index (χ4n) is 2.89. The van der Waals surface area contributed by atoms with Gasteiger partial charge in [0.15, 0.2) is 0 Å². The first-order valence-electron chi connectivity index (χ1n) is 11.1. The van der Waals surface area contributed by atoms with Gasteiger partial charge in [0, 0.05) is 0 Å². The first-order valence-corrected chi connectivity index (χ1v) is 11.1.